The summed E-state index contributed by atoms with van der Waals surface area (Å²) >= 11 is 49.7. The van der Waals surface area contributed by atoms with E-state index in [-0.39, 0.29) is 5.78 Å². The van der Waals surface area contributed by atoms with Crippen molar-refractivity contribution in [2.24, 2.45) is 0 Å². The lowest BCUT2D eigenvalue weighted by atomic mass is 9.97. The molecule has 0 radical (unpaired) electrons. The number of ketones is 1. The van der Waals surface area contributed by atoms with E-state index in [0.717, 1.165) is 11.1 Å². The summed E-state index contributed by atoms with van der Waals surface area (Å²) in [6, 6.07) is 28.9. The van der Waals surface area contributed by atoms with Crippen molar-refractivity contribution in [3.63, 3.8) is 0 Å². The third-order valence-corrected chi connectivity index (χ3v) is 8.87. The molecule has 1 saturated carbocycles. The Morgan fingerprint density at radius 2 is 0.730 bits per heavy atom. The smallest absolute Gasteiger partial charge is 0.193 e. The normalized spacial score (nSPS) is 24.3. The van der Waals surface area contributed by atoms with Gasteiger partial charge in [-0.15, -0.1) is 69.6 Å². The van der Waals surface area contributed by atoms with Crippen LogP contribution < -0.4 is 0 Å². The molecule has 0 N–H and O–H groups in total. The van der Waals surface area contributed by atoms with Gasteiger partial charge in [0.2, 0.25) is 0 Å². The summed E-state index contributed by atoms with van der Waals surface area (Å²) in [6.45, 7) is 2.08. The Morgan fingerprint density at radius 3 is 0.919 bits per heavy atom. The van der Waals surface area contributed by atoms with Gasteiger partial charge >= 0.3 is 0 Å². The van der Waals surface area contributed by atoms with Gasteiger partial charge in [0.25, 0.3) is 0 Å². The number of alkyl halides is 9. The minimum absolute atomic E-state index is 0.0752. The topological polar surface area (TPSA) is 17.1 Å². The predicted molar refractivity (Wildman–Crippen MR) is 167 cm³/mol. The molecular weight excluding hydrogens is 659 g/mol. The molecule has 37 heavy (non-hydrogen) atoms. The van der Waals surface area contributed by atoms with Crippen LogP contribution in [0.4, 0.5) is 0 Å². The van der Waals surface area contributed by atoms with Crippen molar-refractivity contribution < 1.29 is 4.79 Å². The van der Waals surface area contributed by atoms with E-state index in [1.54, 1.807) is 0 Å². The number of aryl methyl sites for hydroxylation is 1. The summed E-state index contributed by atoms with van der Waals surface area (Å²) in [7, 11) is 0. The van der Waals surface area contributed by atoms with Gasteiger partial charge in [-0.2, -0.15) is 0 Å². The van der Waals surface area contributed by atoms with Crippen molar-refractivity contribution in [3.05, 3.63) is 108 Å². The van der Waals surface area contributed by atoms with E-state index in [2.05, 4.69) is 19.1 Å². The van der Waals surface area contributed by atoms with Crippen LogP contribution in [-0.2, 0) is 0 Å². The number of benzene rings is 3. The first-order valence-corrected chi connectivity index (χ1v) is 14.8. The van der Waals surface area contributed by atoms with E-state index in [1.807, 2.05) is 78.9 Å². The highest BCUT2D eigenvalue weighted by Crippen LogP contribution is 2.39. The molecule has 0 bridgehead atoms. The van der Waals surface area contributed by atoms with Crippen LogP contribution in [0.1, 0.15) is 21.5 Å². The largest absolute Gasteiger partial charge is 0.289 e. The van der Waals surface area contributed by atoms with Gasteiger partial charge in [0.1, 0.15) is 0 Å². The molecule has 1 aliphatic rings. The Morgan fingerprint density at radius 1 is 0.514 bits per heavy atom. The lowest BCUT2D eigenvalue weighted by molar-refractivity contribution is 0.103. The van der Waals surface area contributed by atoms with E-state index in [9.17, 15) is 4.79 Å². The lowest BCUT2D eigenvalue weighted by Crippen LogP contribution is -2.52. The Balaban J connectivity index is 0.000000269. The van der Waals surface area contributed by atoms with Crippen LogP contribution in [-0.4, -0.2) is 42.3 Å². The standard InChI is InChI=1S/C13H10O.C7H8.C6H6Cl6.CHCl3/c14-13(11-7-3-1-4-8-11)12-9-5-2-6-10-12;1-7-5-3-2-4-6-7;7-1-2(8)4(10)6(12)5(11)3(1)9;2-1(3)4/h1-10H;2-6H,1H3;1-6H;1H/t;;1-,2-,3-,4+,5+,6+;. The maximum atomic E-state index is 11.8. The SMILES string of the molecule is Cc1ccccc1.ClC(Cl)Cl.Cl[C@H]1[C@H](Cl)[C@@H](Cl)[C@@H](Cl)[C@H](Cl)[C@H]1Cl.O=C(c1ccccc1)c1ccccc1. The van der Waals surface area contributed by atoms with Crippen LogP contribution in [0, 0.1) is 6.92 Å². The molecule has 0 atom stereocenters. The van der Waals surface area contributed by atoms with Gasteiger partial charge in [0, 0.05) is 11.1 Å². The summed E-state index contributed by atoms with van der Waals surface area (Å²) in [5.74, 6) is 0.0752. The van der Waals surface area contributed by atoms with E-state index >= 15 is 0 Å². The highest BCUT2D eigenvalue weighted by molar-refractivity contribution is 6.63. The van der Waals surface area contributed by atoms with Crippen LogP contribution in [0.15, 0.2) is 91.0 Å². The maximum absolute atomic E-state index is 11.8. The molecule has 10 heteroatoms. The van der Waals surface area contributed by atoms with Gasteiger partial charge in [-0.1, -0.05) is 131 Å². The van der Waals surface area contributed by atoms with Crippen LogP contribution in [0.25, 0.3) is 0 Å². The maximum Gasteiger partial charge on any atom is 0.193 e. The molecule has 0 saturated heterocycles. The summed E-state index contributed by atoms with van der Waals surface area (Å²) in [4.78, 5) is 11.8. The van der Waals surface area contributed by atoms with Gasteiger partial charge in [0.05, 0.1) is 32.3 Å². The molecule has 0 aromatic heterocycles. The van der Waals surface area contributed by atoms with Crippen molar-refractivity contribution in [3.8, 4) is 0 Å². The molecule has 0 unspecified atom stereocenters. The molecular formula is C27H25Cl9O. The molecule has 1 nitrogen and oxygen atoms in total. The minimum atomic E-state index is -0.750. The fourth-order valence-electron chi connectivity index (χ4n) is 2.93. The van der Waals surface area contributed by atoms with Crippen LogP contribution in [0.5, 0.6) is 0 Å². The molecule has 0 amide bonds. The van der Waals surface area contributed by atoms with Gasteiger partial charge in [0.15, 0.2) is 10.1 Å². The predicted octanol–water partition coefficient (Wildman–Crippen LogP) is 10.5. The van der Waals surface area contributed by atoms with Crippen molar-refractivity contribution in [2.45, 2.75) is 43.5 Å². The first-order valence-electron chi connectivity index (χ1n) is 10.9. The second kappa shape index (κ2) is 19.1. The fraction of sp³-hybridized carbons (Fsp3) is 0.296. The monoisotopic (exact) mass is 680 g/mol. The Labute approximate surface area is 264 Å². The zero-order valence-corrected chi connectivity index (χ0v) is 26.3. The zero-order valence-electron chi connectivity index (χ0n) is 19.5. The summed E-state index contributed by atoms with van der Waals surface area (Å²) in [5.41, 5.74) is 2.79. The first kappa shape index (κ1) is 35.0. The number of hydrogen-bond donors (Lipinski definition) is 0. The lowest BCUT2D eigenvalue weighted by Gasteiger charge is -2.37. The fourth-order valence-corrected chi connectivity index (χ4v) is 5.26. The molecule has 4 rings (SSSR count). The first-order chi connectivity index (χ1) is 17.5. The average Bonchev–Trinajstić information content (AvgIpc) is 2.91. The zero-order chi connectivity index (χ0) is 28.0. The molecule has 3 aromatic carbocycles. The van der Waals surface area contributed by atoms with Crippen molar-refractivity contribution in [1.29, 1.82) is 0 Å². The Bertz CT molecular complexity index is 903. The Hall–Kier alpha value is -0.0600. The van der Waals surface area contributed by atoms with E-state index in [0.29, 0.717) is 0 Å². The van der Waals surface area contributed by atoms with Gasteiger partial charge in [-0.25, -0.2) is 0 Å². The van der Waals surface area contributed by atoms with Gasteiger partial charge in [-0.3, -0.25) is 4.79 Å². The molecule has 0 heterocycles. The highest BCUT2D eigenvalue weighted by Gasteiger charge is 2.46. The molecule has 3 aromatic rings. The third kappa shape index (κ3) is 13.2. The van der Waals surface area contributed by atoms with Crippen LogP contribution >= 0.6 is 104 Å². The number of hydrogen-bond acceptors (Lipinski definition) is 1. The van der Waals surface area contributed by atoms with Crippen molar-refractivity contribution in [1.82, 2.24) is 0 Å². The van der Waals surface area contributed by atoms with Crippen LogP contribution in [0.3, 0.4) is 0 Å². The second-order valence-electron chi connectivity index (χ2n) is 7.63. The minimum Gasteiger partial charge on any atom is -0.289 e. The third-order valence-electron chi connectivity index (χ3n) is 4.84. The Kier molecular flexibility index (Phi) is 18.0. The molecule has 1 aliphatic carbocycles. The molecule has 202 valence electrons. The number of carbonyl (C=O) groups excluding carboxylic acids is 1. The van der Waals surface area contributed by atoms with E-state index in [1.165, 1.54) is 5.56 Å². The van der Waals surface area contributed by atoms with E-state index in [4.69, 9.17) is 104 Å². The summed E-state index contributed by atoms with van der Waals surface area (Å²) in [5, 5.41) is -2.62. The number of carbonyl (C=O) groups is 1. The second-order valence-corrected chi connectivity index (χ2v) is 12.6. The number of rotatable bonds is 2. The molecule has 1 fully saturated rings. The molecule has 0 spiro atoms. The van der Waals surface area contributed by atoms with E-state index < -0.39 is 36.6 Å². The van der Waals surface area contributed by atoms with Crippen molar-refractivity contribution in [2.75, 3.05) is 0 Å². The highest BCUT2D eigenvalue weighted by atomic mass is 35.6. The summed E-state index contributed by atoms with van der Waals surface area (Å²) < 4.78 is -0.750. The average molecular weight is 685 g/mol. The van der Waals surface area contributed by atoms with Gasteiger partial charge in [-0.05, 0) is 6.92 Å². The quantitative estimate of drug-likeness (QED) is 0.194. The summed E-state index contributed by atoms with van der Waals surface area (Å²) in [6.07, 6.45) is 0. The number of halogens is 9. The molecule has 0 aliphatic heterocycles. The van der Waals surface area contributed by atoms with Crippen LogP contribution in [0.2, 0.25) is 0 Å². The van der Waals surface area contributed by atoms with Gasteiger partial charge < -0.3 is 0 Å². The van der Waals surface area contributed by atoms with Crippen molar-refractivity contribution >= 4 is 110 Å².